The van der Waals surface area contributed by atoms with Crippen molar-refractivity contribution in [2.75, 3.05) is 26.4 Å². The molecule has 1 aromatic carbocycles. The fraction of sp³-hybridized carbons (Fsp3) is 0.588. The Labute approximate surface area is 173 Å². The molecule has 8 nitrogen and oxygen atoms in total. The first-order valence-corrected chi connectivity index (χ1v) is 12.4. The smallest absolute Gasteiger partial charge is 0.285 e. The van der Waals surface area contributed by atoms with Gasteiger partial charge < -0.3 is 10.6 Å². The van der Waals surface area contributed by atoms with E-state index in [-0.39, 0.29) is 22.2 Å². The van der Waals surface area contributed by atoms with Gasteiger partial charge in [-0.25, -0.2) is 13.1 Å². The first-order chi connectivity index (χ1) is 13.0. The molecule has 0 aromatic heterocycles. The van der Waals surface area contributed by atoms with Crippen molar-refractivity contribution in [2.45, 2.75) is 55.2 Å². The molecule has 0 unspecified atom stereocenters. The third-order valence-corrected chi connectivity index (χ3v) is 7.08. The maximum atomic E-state index is 12.6. The highest BCUT2D eigenvalue weighted by Crippen LogP contribution is 2.30. The Hall–Kier alpha value is -1.36. The molecule has 0 heterocycles. The summed E-state index contributed by atoms with van der Waals surface area (Å²) in [6.45, 7) is 2.38. The summed E-state index contributed by atoms with van der Waals surface area (Å²) in [5.41, 5.74) is 5.65. The SMILES string of the molecule is CCCCCCCCNS(=O)(=O)c1cc(S(=O)(=O)N=CN(C)C)c(Cl)cc1N. The highest BCUT2D eigenvalue weighted by atomic mass is 35.5. The Morgan fingerprint density at radius 3 is 2.29 bits per heavy atom. The summed E-state index contributed by atoms with van der Waals surface area (Å²) >= 11 is 5.98. The number of rotatable bonds is 12. The monoisotopic (exact) mass is 452 g/mol. The van der Waals surface area contributed by atoms with E-state index in [1.165, 1.54) is 11.3 Å². The van der Waals surface area contributed by atoms with E-state index in [1.807, 2.05) is 0 Å². The lowest BCUT2D eigenvalue weighted by Crippen LogP contribution is -2.26. The number of unbranched alkanes of at least 4 members (excludes halogenated alkanes) is 5. The van der Waals surface area contributed by atoms with Gasteiger partial charge in [0.1, 0.15) is 16.1 Å². The molecule has 3 N–H and O–H groups in total. The van der Waals surface area contributed by atoms with Gasteiger partial charge >= 0.3 is 0 Å². The number of benzene rings is 1. The summed E-state index contributed by atoms with van der Waals surface area (Å²) in [5, 5.41) is -0.191. The van der Waals surface area contributed by atoms with Crippen LogP contribution in [0.5, 0.6) is 0 Å². The third-order valence-electron chi connectivity index (χ3n) is 3.87. The van der Waals surface area contributed by atoms with Gasteiger partial charge in [-0.3, -0.25) is 0 Å². The van der Waals surface area contributed by atoms with Gasteiger partial charge in [0.05, 0.1) is 10.7 Å². The van der Waals surface area contributed by atoms with Gasteiger partial charge in [0.2, 0.25) is 10.0 Å². The van der Waals surface area contributed by atoms with E-state index in [2.05, 4.69) is 16.0 Å². The predicted octanol–water partition coefficient (Wildman–Crippen LogP) is 2.84. The first kappa shape index (κ1) is 24.7. The van der Waals surface area contributed by atoms with Gasteiger partial charge in [0.25, 0.3) is 10.0 Å². The van der Waals surface area contributed by atoms with Crippen LogP contribution in [0.2, 0.25) is 5.02 Å². The Morgan fingerprint density at radius 1 is 1.07 bits per heavy atom. The van der Waals surface area contributed by atoms with Crippen LogP contribution >= 0.6 is 11.6 Å². The van der Waals surface area contributed by atoms with Crippen molar-refractivity contribution in [2.24, 2.45) is 4.40 Å². The molecule has 160 valence electrons. The van der Waals surface area contributed by atoms with Crippen LogP contribution in [0.1, 0.15) is 45.4 Å². The van der Waals surface area contributed by atoms with Gasteiger partial charge in [-0.2, -0.15) is 8.42 Å². The van der Waals surface area contributed by atoms with Crippen molar-refractivity contribution >= 4 is 43.7 Å². The molecule has 0 fully saturated rings. The largest absolute Gasteiger partial charge is 0.398 e. The first-order valence-electron chi connectivity index (χ1n) is 9.07. The van der Waals surface area contributed by atoms with Crippen LogP contribution in [-0.2, 0) is 20.0 Å². The summed E-state index contributed by atoms with van der Waals surface area (Å²) in [4.78, 5) is 0.686. The van der Waals surface area contributed by atoms with Crippen molar-refractivity contribution in [3.05, 3.63) is 17.2 Å². The number of nitrogens with one attached hydrogen (secondary N) is 1. The molecule has 1 aromatic rings. The fourth-order valence-corrected chi connectivity index (χ4v) is 5.13. The van der Waals surface area contributed by atoms with Crippen molar-refractivity contribution < 1.29 is 16.8 Å². The molecule has 0 bridgehead atoms. The summed E-state index contributed by atoms with van der Waals surface area (Å²) < 4.78 is 55.8. The minimum atomic E-state index is -4.18. The van der Waals surface area contributed by atoms with Gasteiger partial charge in [-0.15, -0.1) is 4.40 Å². The molecule has 1 rings (SSSR count). The zero-order valence-corrected chi connectivity index (χ0v) is 18.9. The molecule has 0 saturated carbocycles. The van der Waals surface area contributed by atoms with Crippen LogP contribution in [0, 0.1) is 0 Å². The minimum absolute atomic E-state index is 0.129. The quantitative estimate of drug-likeness (QED) is 0.217. The van der Waals surface area contributed by atoms with Crippen LogP contribution in [0.3, 0.4) is 0 Å². The summed E-state index contributed by atoms with van der Waals surface area (Å²) in [7, 11) is -4.95. The van der Waals surface area contributed by atoms with Gasteiger partial charge in [-0.05, 0) is 18.6 Å². The number of halogens is 1. The molecule has 0 atom stereocenters. The molecule has 0 radical (unpaired) electrons. The second kappa shape index (κ2) is 11.0. The van der Waals surface area contributed by atoms with Crippen molar-refractivity contribution in [3.63, 3.8) is 0 Å². The number of sulfonamides is 2. The number of nitrogens with zero attached hydrogens (tertiary/aromatic N) is 2. The van der Waals surface area contributed by atoms with E-state index < -0.39 is 24.9 Å². The van der Waals surface area contributed by atoms with E-state index in [0.717, 1.165) is 44.2 Å². The lowest BCUT2D eigenvalue weighted by Gasteiger charge is -2.12. The summed E-state index contributed by atoms with van der Waals surface area (Å²) in [6, 6.07) is 2.06. The van der Waals surface area contributed by atoms with Crippen molar-refractivity contribution in [1.29, 1.82) is 0 Å². The van der Waals surface area contributed by atoms with Crippen LogP contribution in [0.15, 0.2) is 26.3 Å². The molecule has 0 aliphatic rings. The van der Waals surface area contributed by atoms with E-state index in [1.54, 1.807) is 14.1 Å². The lowest BCUT2D eigenvalue weighted by atomic mass is 10.1. The molecule has 0 aliphatic carbocycles. The number of nitrogens with two attached hydrogens (primary N) is 1. The standard InChI is InChI=1S/C17H29ClN4O4S2/c1-4-5-6-7-8-9-10-20-28(25,26)17-12-16(14(18)11-15(17)19)27(23,24)21-13-22(2)3/h11-13,20H,4-10,19H2,1-3H3. The Balaban J connectivity index is 2.98. The molecule has 0 aliphatic heterocycles. The van der Waals surface area contributed by atoms with Crippen LogP contribution in [-0.4, -0.2) is 48.7 Å². The number of hydrogen-bond donors (Lipinski definition) is 2. The fourth-order valence-electron chi connectivity index (χ4n) is 2.38. The highest BCUT2D eigenvalue weighted by Gasteiger charge is 2.24. The number of nitrogen functional groups attached to an aromatic ring is 1. The second-order valence-electron chi connectivity index (χ2n) is 6.65. The van der Waals surface area contributed by atoms with Crippen LogP contribution in [0.25, 0.3) is 0 Å². The highest BCUT2D eigenvalue weighted by molar-refractivity contribution is 7.91. The van der Waals surface area contributed by atoms with Crippen LogP contribution < -0.4 is 10.5 Å². The van der Waals surface area contributed by atoms with E-state index in [0.29, 0.717) is 6.42 Å². The van der Waals surface area contributed by atoms with Crippen molar-refractivity contribution in [1.82, 2.24) is 9.62 Å². The third kappa shape index (κ3) is 7.57. The van der Waals surface area contributed by atoms with E-state index in [9.17, 15) is 16.8 Å². The molecular weight excluding hydrogens is 424 g/mol. The molecule has 0 spiro atoms. The van der Waals surface area contributed by atoms with Gasteiger partial charge in [0, 0.05) is 20.6 Å². The normalized spacial score (nSPS) is 12.6. The van der Waals surface area contributed by atoms with Gasteiger partial charge in [0.15, 0.2) is 0 Å². The second-order valence-corrected chi connectivity index (χ2v) is 10.4. The maximum Gasteiger partial charge on any atom is 0.285 e. The van der Waals surface area contributed by atoms with Crippen LogP contribution in [0.4, 0.5) is 5.69 Å². The number of hydrogen-bond acceptors (Lipinski definition) is 5. The maximum absolute atomic E-state index is 12.6. The Kier molecular flexibility index (Phi) is 9.68. The van der Waals surface area contributed by atoms with E-state index in [4.69, 9.17) is 17.3 Å². The predicted molar refractivity (Wildman–Crippen MR) is 114 cm³/mol. The molecule has 0 saturated heterocycles. The van der Waals surface area contributed by atoms with Crippen molar-refractivity contribution in [3.8, 4) is 0 Å². The topological polar surface area (TPSA) is 122 Å². The summed E-state index contributed by atoms with van der Waals surface area (Å²) in [5.74, 6) is 0. The zero-order valence-electron chi connectivity index (χ0n) is 16.5. The summed E-state index contributed by atoms with van der Waals surface area (Å²) in [6.07, 6.45) is 7.18. The van der Waals surface area contributed by atoms with Gasteiger partial charge in [-0.1, -0.05) is 50.6 Å². The zero-order chi connectivity index (χ0) is 21.4. The molecular formula is C17H29ClN4O4S2. The Bertz CT molecular complexity index is 885. The lowest BCUT2D eigenvalue weighted by molar-refractivity contribution is 0.568. The average Bonchev–Trinajstić information content (AvgIpc) is 2.58. The Morgan fingerprint density at radius 2 is 1.68 bits per heavy atom. The average molecular weight is 453 g/mol. The minimum Gasteiger partial charge on any atom is -0.398 e. The number of anilines is 1. The van der Waals surface area contributed by atoms with E-state index >= 15 is 0 Å². The molecule has 11 heteroatoms. The molecule has 28 heavy (non-hydrogen) atoms. The molecule has 0 amide bonds.